The van der Waals surface area contributed by atoms with E-state index < -0.39 is 10.6 Å². The summed E-state index contributed by atoms with van der Waals surface area (Å²) < 4.78 is 0. The van der Waals surface area contributed by atoms with E-state index in [0.717, 1.165) is 6.07 Å². The van der Waals surface area contributed by atoms with E-state index in [9.17, 15) is 15.2 Å². The molecule has 0 aliphatic rings. The number of phenolic OH excluding ortho intramolecular Hbond substituents is 1. The Kier molecular flexibility index (Phi) is 2.62. The lowest BCUT2D eigenvalue weighted by Gasteiger charge is -2.03. The third-order valence-corrected chi connectivity index (χ3v) is 1.99. The van der Waals surface area contributed by atoms with Crippen molar-refractivity contribution >= 4 is 23.0 Å². The summed E-state index contributed by atoms with van der Waals surface area (Å²) in [7, 11) is 0. The number of phenols is 1. The van der Waals surface area contributed by atoms with Crippen LogP contribution in [0.1, 0.15) is 5.56 Å². The Morgan fingerprint density at radius 2 is 2.21 bits per heavy atom. The minimum absolute atomic E-state index is 0.125. The molecule has 0 saturated heterocycles. The Morgan fingerprint density at radius 3 is 2.64 bits per heavy atom. The molecular weight excluding hydrogens is 208 g/mol. The van der Waals surface area contributed by atoms with Crippen LogP contribution in [-0.2, 0) is 0 Å². The van der Waals surface area contributed by atoms with Crippen LogP contribution in [-0.4, -0.2) is 10.0 Å². The molecule has 0 unspecified atom stereocenters. The topological polar surface area (TPSA) is 89.4 Å². The third-order valence-electron chi connectivity index (χ3n) is 1.60. The summed E-state index contributed by atoms with van der Waals surface area (Å²) >= 11 is 5.50. The molecule has 0 atom stereocenters. The lowest BCUT2D eigenvalue weighted by Crippen LogP contribution is -1.96. The molecule has 0 saturated carbocycles. The molecule has 6 heteroatoms. The van der Waals surface area contributed by atoms with Crippen LogP contribution in [0.5, 0.6) is 5.75 Å². The summed E-state index contributed by atoms with van der Waals surface area (Å²) in [6, 6.07) is 2.38. The average Bonchev–Trinajstić information content (AvgIpc) is 2.08. The van der Waals surface area contributed by atoms with E-state index in [1.165, 1.54) is 6.07 Å². The monoisotopic (exact) mass is 214 g/mol. The highest BCUT2D eigenvalue weighted by Gasteiger charge is 2.17. The van der Waals surface area contributed by atoms with Crippen LogP contribution in [0.4, 0.5) is 5.69 Å². The Morgan fingerprint density at radius 1 is 1.64 bits per heavy atom. The molecule has 5 nitrogen and oxygen atoms in total. The number of hydrogen-bond donors (Lipinski definition) is 2. The van der Waals surface area contributed by atoms with Gasteiger partial charge in [0.2, 0.25) is 0 Å². The lowest BCUT2D eigenvalue weighted by molar-refractivity contribution is -0.384. The van der Waals surface area contributed by atoms with Gasteiger partial charge >= 0.3 is 0 Å². The van der Waals surface area contributed by atoms with Gasteiger partial charge in [-0.15, -0.1) is 0 Å². The van der Waals surface area contributed by atoms with Crippen LogP contribution in [0.15, 0.2) is 18.7 Å². The molecule has 0 fully saturated rings. The number of nitro groups is 1. The fraction of sp³-hybridized carbons (Fsp3) is 0. The van der Waals surface area contributed by atoms with Gasteiger partial charge in [-0.25, -0.2) is 0 Å². The molecule has 1 aromatic carbocycles. The zero-order valence-corrected chi connectivity index (χ0v) is 7.78. The molecule has 0 amide bonds. The fourth-order valence-corrected chi connectivity index (χ4v) is 1.09. The number of nitrogens with two attached hydrogens (primary N) is 1. The molecule has 0 bridgehead atoms. The number of nitro benzene ring substituents is 1. The first-order valence-electron chi connectivity index (χ1n) is 3.55. The van der Waals surface area contributed by atoms with Crippen LogP contribution in [0.2, 0.25) is 5.02 Å². The van der Waals surface area contributed by atoms with Gasteiger partial charge in [0.05, 0.1) is 4.92 Å². The Balaban J connectivity index is 3.43. The minimum atomic E-state index is -0.700. The van der Waals surface area contributed by atoms with E-state index >= 15 is 0 Å². The molecule has 0 radical (unpaired) electrons. The summed E-state index contributed by atoms with van der Waals surface area (Å²) in [5.41, 5.74) is 5.34. The lowest BCUT2D eigenvalue weighted by atomic mass is 10.1. The summed E-state index contributed by atoms with van der Waals surface area (Å²) in [6.45, 7) is 3.40. The van der Waals surface area contributed by atoms with E-state index in [0.29, 0.717) is 0 Å². The van der Waals surface area contributed by atoms with Gasteiger partial charge in [-0.1, -0.05) is 18.2 Å². The van der Waals surface area contributed by atoms with Crippen molar-refractivity contribution in [2.45, 2.75) is 0 Å². The van der Waals surface area contributed by atoms with Gasteiger partial charge in [-0.05, 0) is 6.07 Å². The molecule has 74 valence electrons. The first kappa shape index (κ1) is 10.3. The van der Waals surface area contributed by atoms with Gasteiger partial charge in [0, 0.05) is 17.3 Å². The summed E-state index contributed by atoms with van der Waals surface area (Å²) in [4.78, 5) is 9.79. The summed E-state index contributed by atoms with van der Waals surface area (Å²) in [5, 5.41) is 19.4. The van der Waals surface area contributed by atoms with Crippen molar-refractivity contribution in [3.63, 3.8) is 0 Å². The Bertz CT molecular complexity index is 417. The van der Waals surface area contributed by atoms with Gasteiger partial charge in [0.25, 0.3) is 5.69 Å². The number of hydrogen-bond acceptors (Lipinski definition) is 4. The first-order valence-corrected chi connectivity index (χ1v) is 3.93. The molecule has 0 aromatic heterocycles. The molecule has 0 heterocycles. The number of halogens is 1. The number of rotatable bonds is 2. The maximum absolute atomic E-state index is 10.5. The molecule has 0 aliphatic carbocycles. The van der Waals surface area contributed by atoms with Crippen LogP contribution in [0.25, 0.3) is 5.70 Å². The molecular formula is C8H7ClN2O3. The van der Waals surface area contributed by atoms with Gasteiger partial charge in [0.15, 0.2) is 5.02 Å². The zero-order valence-electron chi connectivity index (χ0n) is 7.03. The van der Waals surface area contributed by atoms with Crippen molar-refractivity contribution in [3.8, 4) is 5.75 Å². The largest absolute Gasteiger partial charge is 0.506 e. The zero-order chi connectivity index (χ0) is 10.9. The summed E-state index contributed by atoms with van der Waals surface area (Å²) in [6.07, 6.45) is 0. The van der Waals surface area contributed by atoms with Crippen LogP contribution in [0.3, 0.4) is 0 Å². The second kappa shape index (κ2) is 3.55. The van der Waals surface area contributed by atoms with Crippen molar-refractivity contribution in [3.05, 3.63) is 39.4 Å². The van der Waals surface area contributed by atoms with E-state index in [2.05, 4.69) is 6.58 Å². The van der Waals surface area contributed by atoms with Crippen molar-refractivity contribution in [2.75, 3.05) is 0 Å². The van der Waals surface area contributed by atoms with Crippen molar-refractivity contribution < 1.29 is 10.0 Å². The number of benzene rings is 1. The molecule has 0 aliphatic heterocycles. The van der Waals surface area contributed by atoms with Gasteiger partial charge in [-0.3, -0.25) is 10.1 Å². The van der Waals surface area contributed by atoms with E-state index in [1.807, 2.05) is 0 Å². The minimum Gasteiger partial charge on any atom is -0.506 e. The maximum Gasteiger partial charge on any atom is 0.292 e. The maximum atomic E-state index is 10.5. The van der Waals surface area contributed by atoms with Gasteiger partial charge < -0.3 is 10.8 Å². The highest BCUT2D eigenvalue weighted by Crippen LogP contribution is 2.35. The first-order chi connectivity index (χ1) is 6.43. The number of aromatic hydroxyl groups is 1. The van der Waals surface area contributed by atoms with Crippen LogP contribution in [0, 0.1) is 10.1 Å². The summed E-state index contributed by atoms with van der Waals surface area (Å²) in [5.74, 6) is -0.387. The van der Waals surface area contributed by atoms with Crippen LogP contribution < -0.4 is 5.73 Å². The highest BCUT2D eigenvalue weighted by atomic mass is 35.5. The molecule has 14 heavy (non-hydrogen) atoms. The molecule has 1 rings (SSSR count). The SMILES string of the molecule is C=C(N)c1cc(O)c(Cl)c([N+](=O)[O-])c1. The second-order valence-electron chi connectivity index (χ2n) is 2.61. The Hall–Kier alpha value is -1.75. The van der Waals surface area contributed by atoms with Gasteiger partial charge in [-0.2, -0.15) is 0 Å². The molecule has 3 N–H and O–H groups in total. The number of nitrogens with zero attached hydrogens (tertiary/aromatic N) is 1. The standard InChI is InChI=1S/C8H7ClN2O3/c1-4(10)5-2-6(11(13)14)8(9)7(12)3-5/h2-3,12H,1,10H2. The third kappa shape index (κ3) is 1.77. The fourth-order valence-electron chi connectivity index (χ4n) is 0.912. The van der Waals surface area contributed by atoms with E-state index in [-0.39, 0.29) is 22.0 Å². The van der Waals surface area contributed by atoms with Crippen molar-refractivity contribution in [1.82, 2.24) is 0 Å². The van der Waals surface area contributed by atoms with Gasteiger partial charge in [0.1, 0.15) is 5.75 Å². The predicted molar refractivity (Wildman–Crippen MR) is 53.0 cm³/mol. The average molecular weight is 215 g/mol. The molecule has 1 aromatic rings. The normalized spacial score (nSPS) is 9.79. The second-order valence-corrected chi connectivity index (χ2v) is 2.99. The van der Waals surface area contributed by atoms with Crippen molar-refractivity contribution in [2.24, 2.45) is 5.73 Å². The van der Waals surface area contributed by atoms with Crippen LogP contribution >= 0.6 is 11.6 Å². The van der Waals surface area contributed by atoms with Crippen molar-refractivity contribution in [1.29, 1.82) is 0 Å². The molecule has 0 spiro atoms. The van der Waals surface area contributed by atoms with E-state index in [4.69, 9.17) is 17.3 Å². The Labute approximate surface area is 84.6 Å². The highest BCUT2D eigenvalue weighted by molar-refractivity contribution is 6.34. The predicted octanol–water partition coefficient (Wildman–Crippen LogP) is 1.88. The van der Waals surface area contributed by atoms with E-state index in [1.54, 1.807) is 0 Å². The smallest absolute Gasteiger partial charge is 0.292 e. The quantitative estimate of drug-likeness (QED) is 0.581.